The van der Waals surface area contributed by atoms with Crippen LogP contribution < -0.4 is 5.32 Å². The van der Waals surface area contributed by atoms with E-state index in [1.165, 1.54) is 31.7 Å². The molecule has 3 heterocycles. The second-order valence-electron chi connectivity index (χ2n) is 8.33. The highest BCUT2D eigenvalue weighted by Gasteiger charge is 2.51. The fourth-order valence-corrected chi connectivity index (χ4v) is 4.11. The Morgan fingerprint density at radius 2 is 1.76 bits per heavy atom. The quantitative estimate of drug-likeness (QED) is 0.326. The first-order valence-corrected chi connectivity index (χ1v) is 11.8. The minimum atomic E-state index is -1.14. The van der Waals surface area contributed by atoms with E-state index in [1.54, 1.807) is 12.1 Å². The smallest absolute Gasteiger partial charge is 0.303 e. The number of hydrogen-bond acceptors (Lipinski definition) is 12. The van der Waals surface area contributed by atoms with Crippen molar-refractivity contribution >= 4 is 46.5 Å². The number of ether oxygens (including phenoxy) is 4. The Labute approximate surface area is 221 Å². The molecular weight excluding hydrogens is 520 g/mol. The molecule has 198 valence electrons. The Hall–Kier alpha value is -4.28. The van der Waals surface area contributed by atoms with Crippen LogP contribution in [0.3, 0.4) is 0 Å². The predicted molar refractivity (Wildman–Crippen MR) is 130 cm³/mol. The summed E-state index contributed by atoms with van der Waals surface area (Å²) in [5.41, 5.74) is 1.42. The lowest BCUT2D eigenvalue weighted by Gasteiger charge is -2.23. The van der Waals surface area contributed by atoms with Crippen molar-refractivity contribution in [1.82, 2.24) is 19.5 Å². The van der Waals surface area contributed by atoms with Crippen LogP contribution in [-0.4, -0.2) is 62.3 Å². The third kappa shape index (κ3) is 5.99. The zero-order valence-electron chi connectivity index (χ0n) is 20.6. The topological polar surface area (TPSA) is 168 Å². The second-order valence-corrected chi connectivity index (χ2v) is 8.76. The SMILES string of the molecule is CC(=O)OC[C@@H]1O[C@@H](n2cnc3c(NCc4ccc(Cl)cc4)nc(C#N)nc32)[C@H](OC(C)=O)[C@@H]1OC(C)=O. The minimum absolute atomic E-state index is 0.145. The van der Waals surface area contributed by atoms with Gasteiger partial charge in [-0.1, -0.05) is 23.7 Å². The van der Waals surface area contributed by atoms with Gasteiger partial charge in [-0.2, -0.15) is 15.2 Å². The molecule has 14 heteroatoms. The van der Waals surface area contributed by atoms with Crippen LogP contribution in [0, 0.1) is 11.3 Å². The number of fused-ring (bicyclic) bond motifs is 1. The van der Waals surface area contributed by atoms with Gasteiger partial charge in [0.15, 0.2) is 35.4 Å². The molecule has 0 saturated carbocycles. The third-order valence-corrected chi connectivity index (χ3v) is 5.76. The first-order valence-electron chi connectivity index (χ1n) is 11.4. The lowest BCUT2D eigenvalue weighted by atomic mass is 10.1. The van der Waals surface area contributed by atoms with E-state index < -0.39 is 42.4 Å². The Kier molecular flexibility index (Phi) is 8.04. The van der Waals surface area contributed by atoms with E-state index in [-0.39, 0.29) is 23.9 Å². The average Bonchev–Trinajstić information content (AvgIpc) is 3.43. The minimum Gasteiger partial charge on any atom is -0.463 e. The molecule has 3 aromatic rings. The summed E-state index contributed by atoms with van der Waals surface area (Å²) in [6, 6.07) is 9.10. The Morgan fingerprint density at radius 3 is 2.39 bits per heavy atom. The van der Waals surface area contributed by atoms with Crippen LogP contribution in [0.25, 0.3) is 11.2 Å². The molecule has 1 aliphatic heterocycles. The van der Waals surface area contributed by atoms with E-state index in [0.29, 0.717) is 17.1 Å². The van der Waals surface area contributed by atoms with Gasteiger partial charge in [0.25, 0.3) is 0 Å². The zero-order chi connectivity index (χ0) is 27.4. The molecule has 1 fully saturated rings. The van der Waals surface area contributed by atoms with Crippen molar-refractivity contribution < 1.29 is 33.3 Å². The highest BCUT2D eigenvalue weighted by molar-refractivity contribution is 6.30. The standard InChI is InChI=1S/C24H23ClN6O7/c1-12(32)35-10-17-20(36-13(2)33)21(37-14(3)34)24(38-17)31-11-28-19-22(29-18(8-26)30-23(19)31)27-9-15-4-6-16(25)7-5-15/h4-7,11,17,20-21,24H,9-10H2,1-3H3,(H,27,29,30)/t17-,20+,21+,24+/m0/s1. The van der Waals surface area contributed by atoms with E-state index in [0.717, 1.165) is 5.56 Å². The fourth-order valence-electron chi connectivity index (χ4n) is 3.98. The summed E-state index contributed by atoms with van der Waals surface area (Å²) in [6.45, 7) is 3.70. The molecule has 38 heavy (non-hydrogen) atoms. The van der Waals surface area contributed by atoms with Gasteiger partial charge in [-0.15, -0.1) is 0 Å². The van der Waals surface area contributed by atoms with Crippen molar-refractivity contribution in [2.24, 2.45) is 0 Å². The van der Waals surface area contributed by atoms with Crippen LogP contribution in [0.1, 0.15) is 38.4 Å². The van der Waals surface area contributed by atoms with Crippen molar-refractivity contribution in [2.45, 2.75) is 51.9 Å². The van der Waals surface area contributed by atoms with Crippen molar-refractivity contribution in [2.75, 3.05) is 11.9 Å². The lowest BCUT2D eigenvalue weighted by molar-refractivity contribution is -0.166. The number of rotatable bonds is 8. The molecule has 0 radical (unpaired) electrons. The van der Waals surface area contributed by atoms with Gasteiger partial charge in [0, 0.05) is 32.3 Å². The number of nitrogens with zero attached hydrogens (tertiary/aromatic N) is 5. The first-order chi connectivity index (χ1) is 18.2. The van der Waals surface area contributed by atoms with E-state index in [9.17, 15) is 19.6 Å². The zero-order valence-corrected chi connectivity index (χ0v) is 21.3. The number of halogens is 1. The third-order valence-electron chi connectivity index (χ3n) is 5.51. The van der Waals surface area contributed by atoms with Gasteiger partial charge in [0.1, 0.15) is 18.8 Å². The number of nitriles is 1. The Bertz CT molecular complexity index is 1400. The summed E-state index contributed by atoms with van der Waals surface area (Å²) in [5, 5.41) is 13.3. The van der Waals surface area contributed by atoms with E-state index in [4.69, 9.17) is 30.5 Å². The number of carbonyl (C=O) groups is 3. The molecule has 13 nitrogen and oxygen atoms in total. The molecule has 1 N–H and O–H groups in total. The highest BCUT2D eigenvalue weighted by atomic mass is 35.5. The van der Waals surface area contributed by atoms with Crippen LogP contribution in [0.4, 0.5) is 5.82 Å². The molecule has 0 bridgehead atoms. The van der Waals surface area contributed by atoms with Gasteiger partial charge < -0.3 is 24.3 Å². The normalized spacial score (nSPS) is 20.5. The van der Waals surface area contributed by atoms with Crippen molar-refractivity contribution in [3.8, 4) is 6.07 Å². The number of carbonyl (C=O) groups excluding carboxylic acids is 3. The maximum absolute atomic E-state index is 12.0. The number of benzene rings is 1. The number of esters is 3. The molecule has 1 aromatic carbocycles. The van der Waals surface area contributed by atoms with Gasteiger partial charge in [-0.05, 0) is 17.7 Å². The summed E-state index contributed by atoms with van der Waals surface area (Å²) in [7, 11) is 0. The molecule has 0 aliphatic carbocycles. The number of nitrogens with one attached hydrogen (secondary N) is 1. The second kappa shape index (κ2) is 11.4. The maximum Gasteiger partial charge on any atom is 0.303 e. The number of imidazole rings is 1. The van der Waals surface area contributed by atoms with Crippen LogP contribution in [-0.2, 0) is 39.9 Å². The predicted octanol–water partition coefficient (Wildman–Crippen LogP) is 2.29. The van der Waals surface area contributed by atoms with Gasteiger partial charge in [-0.25, -0.2) is 4.98 Å². The fraction of sp³-hybridized carbons (Fsp3) is 0.375. The van der Waals surface area contributed by atoms with Gasteiger partial charge in [-0.3, -0.25) is 19.0 Å². The summed E-state index contributed by atoms with van der Waals surface area (Å²) < 4.78 is 23.5. The van der Waals surface area contributed by atoms with E-state index in [1.807, 2.05) is 18.2 Å². The molecule has 0 spiro atoms. The Morgan fingerprint density at radius 1 is 1.08 bits per heavy atom. The number of aromatic nitrogens is 4. The van der Waals surface area contributed by atoms with Crippen LogP contribution in [0.5, 0.6) is 0 Å². The van der Waals surface area contributed by atoms with Crippen LogP contribution >= 0.6 is 11.6 Å². The van der Waals surface area contributed by atoms with Gasteiger partial charge in [0.2, 0.25) is 5.82 Å². The molecule has 0 unspecified atom stereocenters. The molecule has 4 rings (SSSR count). The van der Waals surface area contributed by atoms with Crippen molar-refractivity contribution in [3.63, 3.8) is 0 Å². The summed E-state index contributed by atoms with van der Waals surface area (Å²) in [4.78, 5) is 48.1. The number of hydrogen-bond donors (Lipinski definition) is 1. The van der Waals surface area contributed by atoms with E-state index in [2.05, 4.69) is 20.3 Å². The molecule has 0 amide bonds. The summed E-state index contributed by atoms with van der Waals surface area (Å²) in [6.07, 6.45) is -2.90. The first kappa shape index (κ1) is 26.8. The summed E-state index contributed by atoms with van der Waals surface area (Å²) >= 11 is 5.95. The van der Waals surface area contributed by atoms with Crippen molar-refractivity contribution in [1.29, 1.82) is 5.26 Å². The van der Waals surface area contributed by atoms with Gasteiger partial charge in [0.05, 0.1) is 6.33 Å². The summed E-state index contributed by atoms with van der Waals surface area (Å²) in [5.74, 6) is -1.74. The molecule has 4 atom stereocenters. The molecule has 2 aromatic heterocycles. The van der Waals surface area contributed by atoms with Crippen LogP contribution in [0.2, 0.25) is 5.02 Å². The average molecular weight is 543 g/mol. The number of anilines is 1. The maximum atomic E-state index is 12.0. The van der Waals surface area contributed by atoms with Crippen LogP contribution in [0.15, 0.2) is 30.6 Å². The molecular formula is C24H23ClN6O7. The van der Waals surface area contributed by atoms with Gasteiger partial charge >= 0.3 is 17.9 Å². The monoisotopic (exact) mass is 542 g/mol. The molecule has 1 aliphatic rings. The van der Waals surface area contributed by atoms with Crippen molar-refractivity contribution in [3.05, 3.63) is 47.0 Å². The molecule has 1 saturated heterocycles. The van der Waals surface area contributed by atoms with E-state index >= 15 is 0 Å². The largest absolute Gasteiger partial charge is 0.463 e. The lowest BCUT2D eigenvalue weighted by Crippen LogP contribution is -2.40. The highest BCUT2D eigenvalue weighted by Crippen LogP contribution is 2.36. The Balaban J connectivity index is 1.72.